The zero-order valence-corrected chi connectivity index (χ0v) is 50.1. The van der Waals surface area contributed by atoms with Crippen LogP contribution in [0.2, 0.25) is 10.0 Å². The van der Waals surface area contributed by atoms with Crippen molar-refractivity contribution >= 4 is 102 Å². The standard InChI is InChI=1S/2C32H35ClN8O2/c2*1-3-26(42)40-12-13-41-21(16-40)17-43-30-28-25(14-22(29(30)33)27-18(2)4-7-24-23(27)15-34-38-24)36-32(37-31(28)41)35-19-8-10-39(11-9-19)20-5-6-20/h2*3-4,7,14-15,19-21H,1,5-6,8-13,16-17H2,2H3,(H,34,38)(H,35,36,37)/t2*21-/m00/s1. The Hall–Kier alpha value is -7.78. The maximum Gasteiger partial charge on any atom is 0.246 e. The number of piperazine rings is 2. The predicted molar refractivity (Wildman–Crippen MR) is 338 cm³/mol. The number of piperidine rings is 2. The molecule has 0 bridgehead atoms. The Balaban J connectivity index is 0.000000145. The van der Waals surface area contributed by atoms with Crippen LogP contribution in [0.25, 0.3) is 65.9 Å². The van der Waals surface area contributed by atoms with E-state index in [9.17, 15) is 9.59 Å². The highest BCUT2D eigenvalue weighted by molar-refractivity contribution is 6.38. The first-order valence-electron chi connectivity index (χ1n) is 30.5. The molecule has 10 heterocycles. The second-order valence-electron chi connectivity index (χ2n) is 24.5. The molecule has 0 radical (unpaired) electrons. The van der Waals surface area contributed by atoms with Gasteiger partial charge in [0, 0.05) is 112 Å². The predicted octanol–water partition coefficient (Wildman–Crippen LogP) is 9.54. The number of carbonyl (C=O) groups is 2. The number of nitrogens with one attached hydrogen (secondary N) is 4. The van der Waals surface area contributed by atoms with Crippen molar-refractivity contribution in [2.24, 2.45) is 0 Å². The molecule has 0 unspecified atom stereocenters. The second-order valence-corrected chi connectivity index (χ2v) is 25.3. The number of rotatable bonds is 10. The molecule has 6 fully saturated rings. The van der Waals surface area contributed by atoms with Gasteiger partial charge in [-0.2, -0.15) is 20.2 Å². The van der Waals surface area contributed by atoms with Crippen LogP contribution in [0, 0.1) is 13.8 Å². The van der Waals surface area contributed by atoms with E-state index in [0.717, 1.165) is 153 Å². The lowest BCUT2D eigenvalue weighted by Gasteiger charge is -2.40. The minimum Gasteiger partial charge on any atom is -0.489 e. The molecule has 4 N–H and O–H groups in total. The minimum atomic E-state index is -0.0867. The van der Waals surface area contributed by atoms with E-state index in [0.29, 0.717) is 98.0 Å². The maximum atomic E-state index is 12.5. The topological polar surface area (TPSA) is 205 Å². The molecule has 22 heteroatoms. The Morgan fingerprint density at radius 2 is 0.988 bits per heavy atom. The zero-order valence-electron chi connectivity index (χ0n) is 48.5. The van der Waals surface area contributed by atoms with Crippen molar-refractivity contribution in [3.05, 3.63) is 95.3 Å². The molecule has 2 amide bonds. The molecule has 444 valence electrons. The number of H-pyrrole nitrogens is 2. The molecule has 16 rings (SSSR count). The monoisotopic (exact) mass is 1200 g/mol. The summed E-state index contributed by atoms with van der Waals surface area (Å²) in [4.78, 5) is 59.0. The summed E-state index contributed by atoms with van der Waals surface area (Å²) in [5.41, 5.74) is 9.33. The molecule has 4 aromatic heterocycles. The lowest BCUT2D eigenvalue weighted by Crippen LogP contribution is -2.56. The minimum absolute atomic E-state index is 0.0712. The molecular formula is C64H70Cl2N16O4. The number of hydrogen-bond donors (Lipinski definition) is 4. The van der Waals surface area contributed by atoms with E-state index in [1.807, 2.05) is 34.3 Å². The van der Waals surface area contributed by atoms with Crippen molar-refractivity contribution in [2.75, 3.05) is 99.1 Å². The number of ether oxygens (including phenoxy) is 2. The first-order chi connectivity index (χ1) is 42.0. The van der Waals surface area contributed by atoms with E-state index in [4.69, 9.17) is 52.6 Å². The highest BCUT2D eigenvalue weighted by Gasteiger charge is 2.40. The van der Waals surface area contributed by atoms with Crippen molar-refractivity contribution in [3.63, 3.8) is 0 Å². The SMILES string of the molecule is C=CC(=O)N1CCN2c3nc(NC4CCN(C5CC5)CC4)nc4cc(-c5c(C)ccc6[nH]ncc56)c(Cl)c(c34)OC[C@@H]2C1.C=CC(=O)N1CCN2c3nc(NC4CCN(C5CC5)CC4)nc4cc(-c5c(C)ccc6[nH]ncc56)c(Cl)c(c34)OC[C@@H]2C1. The van der Waals surface area contributed by atoms with Gasteiger partial charge in [0.15, 0.2) is 11.5 Å². The molecule has 8 aromatic rings. The van der Waals surface area contributed by atoms with Crippen LogP contribution in [0.1, 0.15) is 62.5 Å². The van der Waals surface area contributed by atoms with Gasteiger partial charge < -0.3 is 49.5 Å². The first-order valence-corrected chi connectivity index (χ1v) is 31.3. The van der Waals surface area contributed by atoms with Crippen LogP contribution >= 0.6 is 23.2 Å². The maximum absolute atomic E-state index is 12.5. The summed E-state index contributed by atoms with van der Waals surface area (Å²) >= 11 is 14.5. The van der Waals surface area contributed by atoms with Gasteiger partial charge in [0.1, 0.15) is 24.8 Å². The average Bonchev–Trinajstić information content (AvgIpc) is 1.55. The number of hydrogen-bond acceptors (Lipinski definition) is 16. The van der Waals surface area contributed by atoms with Gasteiger partial charge in [-0.05, 0) is 124 Å². The van der Waals surface area contributed by atoms with Gasteiger partial charge in [0.05, 0.1) is 67.4 Å². The summed E-state index contributed by atoms with van der Waals surface area (Å²) in [6.45, 7) is 20.2. The Morgan fingerprint density at radius 3 is 1.38 bits per heavy atom. The van der Waals surface area contributed by atoms with Crippen molar-refractivity contribution in [1.82, 2.24) is 59.9 Å². The number of nitrogens with zero attached hydrogens (tertiary/aromatic N) is 12. The van der Waals surface area contributed by atoms with Crippen LogP contribution in [-0.2, 0) is 9.59 Å². The first kappa shape index (κ1) is 54.8. The van der Waals surface area contributed by atoms with Gasteiger partial charge >= 0.3 is 0 Å². The molecule has 8 aliphatic rings. The van der Waals surface area contributed by atoms with Crippen molar-refractivity contribution in [3.8, 4) is 33.8 Å². The fraction of sp³-hybridized carbons (Fsp3) is 0.438. The van der Waals surface area contributed by atoms with E-state index >= 15 is 0 Å². The average molecular weight is 1200 g/mol. The van der Waals surface area contributed by atoms with Gasteiger partial charge in [-0.15, -0.1) is 0 Å². The number of benzene rings is 4. The van der Waals surface area contributed by atoms with Crippen LogP contribution < -0.4 is 29.9 Å². The Labute approximate surface area is 508 Å². The van der Waals surface area contributed by atoms with Crippen LogP contribution in [0.3, 0.4) is 0 Å². The van der Waals surface area contributed by atoms with Crippen molar-refractivity contribution in [1.29, 1.82) is 0 Å². The van der Waals surface area contributed by atoms with E-state index < -0.39 is 0 Å². The lowest BCUT2D eigenvalue weighted by molar-refractivity contribution is -0.127. The molecule has 4 aromatic carbocycles. The molecule has 4 saturated heterocycles. The van der Waals surface area contributed by atoms with Crippen LogP contribution in [0.5, 0.6) is 11.5 Å². The normalized spacial score (nSPS) is 21.0. The molecule has 86 heavy (non-hydrogen) atoms. The molecule has 2 atom stereocenters. The van der Waals surface area contributed by atoms with Gasteiger partial charge in [0.25, 0.3) is 0 Å². The van der Waals surface area contributed by atoms with E-state index in [1.165, 1.54) is 37.8 Å². The zero-order chi connectivity index (χ0) is 58.5. The summed E-state index contributed by atoms with van der Waals surface area (Å²) < 4.78 is 13.1. The summed E-state index contributed by atoms with van der Waals surface area (Å²) in [7, 11) is 0. The summed E-state index contributed by atoms with van der Waals surface area (Å²) in [6.07, 6.45) is 16.1. The van der Waals surface area contributed by atoms with E-state index in [-0.39, 0.29) is 23.9 Å². The fourth-order valence-electron chi connectivity index (χ4n) is 14.2. The second kappa shape index (κ2) is 22.2. The molecule has 2 aliphatic carbocycles. The Bertz CT molecular complexity index is 3780. The molecule has 2 saturated carbocycles. The fourth-order valence-corrected chi connectivity index (χ4v) is 14.8. The number of halogens is 2. The van der Waals surface area contributed by atoms with Crippen LogP contribution in [-0.4, -0.2) is 187 Å². The Kier molecular flexibility index (Phi) is 14.1. The van der Waals surface area contributed by atoms with Gasteiger partial charge in [-0.1, -0.05) is 48.5 Å². The smallest absolute Gasteiger partial charge is 0.246 e. The lowest BCUT2D eigenvalue weighted by atomic mass is 9.95. The summed E-state index contributed by atoms with van der Waals surface area (Å²) in [6, 6.07) is 14.4. The van der Waals surface area contributed by atoms with E-state index in [2.05, 4.69) is 102 Å². The molecular weight excluding hydrogens is 1130 g/mol. The van der Waals surface area contributed by atoms with Crippen LogP contribution in [0.15, 0.2) is 74.1 Å². The van der Waals surface area contributed by atoms with Gasteiger partial charge in [-0.3, -0.25) is 19.8 Å². The number of likely N-dealkylation sites (tertiary alicyclic amines) is 2. The van der Waals surface area contributed by atoms with Gasteiger partial charge in [-0.25, -0.2) is 9.97 Å². The number of aromatic amines is 2. The van der Waals surface area contributed by atoms with E-state index in [1.54, 1.807) is 0 Å². The number of aryl methyl sites for hydroxylation is 2. The largest absolute Gasteiger partial charge is 0.489 e. The third-order valence-corrected chi connectivity index (χ3v) is 19.9. The number of fused-ring (bicyclic) bond motifs is 6. The molecule has 0 spiro atoms. The molecule has 6 aliphatic heterocycles. The van der Waals surface area contributed by atoms with Gasteiger partial charge in [0.2, 0.25) is 23.7 Å². The third-order valence-electron chi connectivity index (χ3n) is 19.1. The summed E-state index contributed by atoms with van der Waals surface area (Å²) in [5.74, 6) is 3.88. The quantitative estimate of drug-likeness (QED) is 0.0941. The number of anilines is 4. The molecule has 20 nitrogen and oxygen atoms in total. The number of carbonyl (C=O) groups excluding carboxylic acids is 2. The summed E-state index contributed by atoms with van der Waals surface area (Å²) in [5, 5.41) is 26.8. The number of amides is 2. The highest BCUT2D eigenvalue weighted by Crippen LogP contribution is 2.51. The van der Waals surface area contributed by atoms with Crippen LogP contribution in [0.4, 0.5) is 23.5 Å². The Morgan fingerprint density at radius 1 is 0.570 bits per heavy atom. The highest BCUT2D eigenvalue weighted by atomic mass is 35.5. The third kappa shape index (κ3) is 9.95. The van der Waals surface area contributed by atoms with Crippen molar-refractivity contribution < 1.29 is 19.1 Å². The number of aromatic nitrogens is 8. The van der Waals surface area contributed by atoms with Crippen molar-refractivity contribution in [2.45, 2.75) is 101 Å².